The molecule has 0 amide bonds. The van der Waals surface area contributed by atoms with Crippen LogP contribution < -0.4 is 0 Å². The third kappa shape index (κ3) is 1.98. The summed E-state index contributed by atoms with van der Waals surface area (Å²) in [5.74, 6) is -0.910. The van der Waals surface area contributed by atoms with E-state index in [2.05, 4.69) is 4.98 Å². The Balaban J connectivity index is 3.38. The normalized spacial score (nSPS) is 10.5. The van der Waals surface area contributed by atoms with Crippen LogP contribution in [0.5, 0.6) is 0 Å². The van der Waals surface area contributed by atoms with Gasteiger partial charge in [-0.1, -0.05) is 0 Å². The predicted octanol–water partition coefficient (Wildman–Crippen LogP) is 2.58. The number of hydrogen-bond acceptors (Lipinski definition) is 2. The zero-order valence-corrected chi connectivity index (χ0v) is 8.26. The Bertz CT molecular complexity index is 343. The van der Waals surface area contributed by atoms with Gasteiger partial charge in [0, 0.05) is 17.3 Å². The first kappa shape index (κ1) is 10.4. The Labute approximate surface area is 85.3 Å². The van der Waals surface area contributed by atoms with Crippen molar-refractivity contribution >= 4 is 28.9 Å². The van der Waals surface area contributed by atoms with Crippen LogP contribution in [0.4, 0.5) is 13.2 Å². The van der Waals surface area contributed by atoms with Gasteiger partial charge >= 0.3 is 0 Å². The molecule has 0 saturated carbocycles. The van der Waals surface area contributed by atoms with Gasteiger partial charge in [-0.15, -0.1) is 0 Å². The molecule has 13 heavy (non-hydrogen) atoms. The van der Waals surface area contributed by atoms with Crippen LogP contribution in [-0.4, -0.2) is 11.3 Å². The van der Waals surface area contributed by atoms with Crippen LogP contribution in [0.15, 0.2) is 6.20 Å². The van der Waals surface area contributed by atoms with Crippen LogP contribution in [0.2, 0.25) is 0 Å². The summed E-state index contributed by atoms with van der Waals surface area (Å²) in [4.78, 5) is 13.5. The lowest BCUT2D eigenvalue weighted by molar-refractivity contribution is 0.110. The average Bonchev–Trinajstić information content (AvgIpc) is 2.09. The lowest BCUT2D eigenvalue weighted by Gasteiger charge is -2.04. The zero-order valence-electron chi connectivity index (χ0n) is 6.10. The first-order valence-corrected chi connectivity index (χ1v) is 4.23. The molecule has 0 unspecified atom stereocenters. The van der Waals surface area contributed by atoms with E-state index in [1.54, 1.807) is 0 Å². The second kappa shape index (κ2) is 4.03. The molecule has 0 spiro atoms. The number of pyridine rings is 1. The van der Waals surface area contributed by atoms with Crippen molar-refractivity contribution in [3.05, 3.63) is 26.8 Å². The summed E-state index contributed by atoms with van der Waals surface area (Å²) in [5.41, 5.74) is -0.871. The van der Waals surface area contributed by atoms with Crippen LogP contribution in [0, 0.1) is 9.52 Å². The van der Waals surface area contributed by atoms with Gasteiger partial charge in [0.25, 0.3) is 6.43 Å². The van der Waals surface area contributed by atoms with Crippen molar-refractivity contribution in [1.29, 1.82) is 0 Å². The van der Waals surface area contributed by atoms with E-state index < -0.39 is 17.9 Å². The minimum Gasteiger partial charge on any atom is -0.298 e. The van der Waals surface area contributed by atoms with Crippen molar-refractivity contribution in [2.75, 3.05) is 0 Å². The maximum atomic E-state index is 12.7. The number of aromatic nitrogens is 1. The van der Waals surface area contributed by atoms with Crippen LogP contribution in [-0.2, 0) is 0 Å². The monoisotopic (exact) mass is 301 g/mol. The van der Waals surface area contributed by atoms with E-state index >= 15 is 0 Å². The Hall–Kier alpha value is -0.660. The van der Waals surface area contributed by atoms with E-state index in [0.717, 1.165) is 0 Å². The van der Waals surface area contributed by atoms with Crippen molar-refractivity contribution in [2.24, 2.45) is 0 Å². The number of nitrogens with zero attached hydrogens (tertiary/aromatic N) is 1. The quantitative estimate of drug-likeness (QED) is 0.477. The minimum absolute atomic E-state index is 0.176. The standard InChI is InChI=1S/C7H3F3INO/c8-6(9)3-1-12-7(10)5(11)4(3)2-13/h1-2,6H. The summed E-state index contributed by atoms with van der Waals surface area (Å²) in [6.45, 7) is 0. The molecular formula is C7H3F3INO. The Morgan fingerprint density at radius 2 is 2.15 bits per heavy atom. The summed E-state index contributed by atoms with van der Waals surface area (Å²) in [6.07, 6.45) is -1.94. The van der Waals surface area contributed by atoms with Crippen LogP contribution >= 0.6 is 22.6 Å². The Morgan fingerprint density at radius 3 is 2.62 bits per heavy atom. The number of carbonyl (C=O) groups excluding carboxylic acids is 1. The van der Waals surface area contributed by atoms with Crippen molar-refractivity contribution in [2.45, 2.75) is 6.43 Å². The lowest BCUT2D eigenvalue weighted by Crippen LogP contribution is -2.01. The van der Waals surface area contributed by atoms with E-state index in [4.69, 9.17) is 0 Å². The third-order valence-corrected chi connectivity index (χ3v) is 2.42. The highest BCUT2D eigenvalue weighted by molar-refractivity contribution is 14.1. The number of alkyl halides is 2. The summed E-state index contributed by atoms with van der Waals surface area (Å²) in [7, 11) is 0. The topological polar surface area (TPSA) is 30.0 Å². The Kier molecular flexibility index (Phi) is 3.23. The van der Waals surface area contributed by atoms with E-state index in [0.29, 0.717) is 6.20 Å². The van der Waals surface area contributed by atoms with Crippen LogP contribution in [0.25, 0.3) is 0 Å². The van der Waals surface area contributed by atoms with Crippen LogP contribution in [0.1, 0.15) is 22.3 Å². The fraction of sp³-hybridized carbons (Fsp3) is 0.143. The van der Waals surface area contributed by atoms with Crippen LogP contribution in [0.3, 0.4) is 0 Å². The highest BCUT2D eigenvalue weighted by Gasteiger charge is 2.18. The van der Waals surface area contributed by atoms with Crippen molar-refractivity contribution < 1.29 is 18.0 Å². The number of rotatable bonds is 2. The molecule has 0 aliphatic carbocycles. The molecule has 0 fully saturated rings. The van der Waals surface area contributed by atoms with Gasteiger partial charge < -0.3 is 0 Å². The molecule has 0 radical (unpaired) electrons. The molecule has 1 aromatic heterocycles. The first-order chi connectivity index (χ1) is 6.07. The molecule has 0 aliphatic rings. The number of aldehydes is 1. The van der Waals surface area contributed by atoms with Gasteiger partial charge in [0.2, 0.25) is 5.95 Å². The number of carbonyl (C=O) groups is 1. The molecule has 0 atom stereocenters. The summed E-state index contributed by atoms with van der Waals surface area (Å²) in [5, 5.41) is 0. The lowest BCUT2D eigenvalue weighted by atomic mass is 10.1. The minimum atomic E-state index is -2.82. The van der Waals surface area contributed by atoms with Gasteiger partial charge in [0.15, 0.2) is 6.29 Å². The van der Waals surface area contributed by atoms with Gasteiger partial charge in [0.1, 0.15) is 0 Å². The molecule has 0 bridgehead atoms. The molecule has 2 nitrogen and oxygen atoms in total. The molecular weight excluding hydrogens is 298 g/mol. The summed E-state index contributed by atoms with van der Waals surface area (Å²) < 4.78 is 36.9. The SMILES string of the molecule is O=Cc1c(C(F)F)cnc(F)c1I. The maximum absolute atomic E-state index is 12.7. The molecule has 1 heterocycles. The molecule has 70 valence electrons. The van der Waals surface area contributed by atoms with Crippen molar-refractivity contribution in [3.63, 3.8) is 0 Å². The molecule has 6 heteroatoms. The largest absolute Gasteiger partial charge is 0.298 e. The number of halogens is 4. The van der Waals surface area contributed by atoms with E-state index in [1.165, 1.54) is 22.6 Å². The molecule has 0 aliphatic heterocycles. The maximum Gasteiger partial charge on any atom is 0.266 e. The summed E-state index contributed by atoms with van der Waals surface area (Å²) in [6, 6.07) is 0. The van der Waals surface area contributed by atoms with E-state index in [-0.39, 0.29) is 15.4 Å². The summed E-state index contributed by atoms with van der Waals surface area (Å²) >= 11 is 1.46. The second-order valence-electron chi connectivity index (χ2n) is 2.15. The smallest absolute Gasteiger partial charge is 0.266 e. The van der Waals surface area contributed by atoms with E-state index in [1.807, 2.05) is 0 Å². The van der Waals surface area contributed by atoms with Gasteiger partial charge in [-0.2, -0.15) is 4.39 Å². The molecule has 0 saturated heterocycles. The van der Waals surface area contributed by atoms with Crippen molar-refractivity contribution in [3.8, 4) is 0 Å². The van der Waals surface area contributed by atoms with Gasteiger partial charge in [-0.25, -0.2) is 13.8 Å². The van der Waals surface area contributed by atoms with Gasteiger partial charge in [-0.05, 0) is 22.6 Å². The fourth-order valence-corrected chi connectivity index (χ4v) is 1.36. The zero-order chi connectivity index (χ0) is 10.0. The molecule has 1 rings (SSSR count). The number of hydrogen-bond donors (Lipinski definition) is 0. The molecule has 1 aromatic rings. The molecule has 0 N–H and O–H groups in total. The first-order valence-electron chi connectivity index (χ1n) is 3.15. The Morgan fingerprint density at radius 1 is 1.54 bits per heavy atom. The van der Waals surface area contributed by atoms with Crippen molar-refractivity contribution in [1.82, 2.24) is 4.98 Å². The predicted molar refractivity (Wildman–Crippen MR) is 47.3 cm³/mol. The average molecular weight is 301 g/mol. The fourth-order valence-electron chi connectivity index (χ4n) is 0.784. The molecule has 0 aromatic carbocycles. The van der Waals surface area contributed by atoms with Gasteiger partial charge in [-0.3, -0.25) is 4.79 Å². The highest BCUT2D eigenvalue weighted by Crippen LogP contribution is 2.25. The van der Waals surface area contributed by atoms with Gasteiger partial charge in [0.05, 0.1) is 3.57 Å². The highest BCUT2D eigenvalue weighted by atomic mass is 127. The third-order valence-electron chi connectivity index (χ3n) is 1.40. The second-order valence-corrected chi connectivity index (χ2v) is 3.23. The van der Waals surface area contributed by atoms with E-state index in [9.17, 15) is 18.0 Å².